The number of hydrogen-bond donors (Lipinski definition) is 1. The van der Waals surface area contributed by atoms with E-state index in [2.05, 4.69) is 59.9 Å². The molecular weight excluding hydrogens is 270 g/mol. The first-order valence-electron chi connectivity index (χ1n) is 7.39. The quantitative estimate of drug-likeness (QED) is 0.715. The standard InChI is InChI=1S/C20H19NO/c1-22-20-14-5-3-9-17(20)11-7-15-21-19-13-6-10-16-8-2-4-12-18(16)19/h2-14,21H,15H2,1H3/b11-7+. The van der Waals surface area contributed by atoms with E-state index < -0.39 is 0 Å². The monoisotopic (exact) mass is 289 g/mol. The minimum atomic E-state index is 0.770. The Kier molecular flexibility index (Phi) is 4.40. The van der Waals surface area contributed by atoms with Crippen LogP contribution in [0, 0.1) is 0 Å². The lowest BCUT2D eigenvalue weighted by Crippen LogP contribution is -1.98. The molecule has 3 aromatic carbocycles. The van der Waals surface area contributed by atoms with Gasteiger partial charge in [-0.1, -0.05) is 66.7 Å². The maximum Gasteiger partial charge on any atom is 0.126 e. The van der Waals surface area contributed by atoms with Crippen molar-refractivity contribution in [1.82, 2.24) is 0 Å². The minimum absolute atomic E-state index is 0.770. The summed E-state index contributed by atoms with van der Waals surface area (Å²) in [5.41, 5.74) is 2.24. The van der Waals surface area contributed by atoms with E-state index in [0.717, 1.165) is 23.5 Å². The predicted octanol–water partition coefficient (Wildman–Crippen LogP) is 4.97. The average Bonchev–Trinajstić information content (AvgIpc) is 2.59. The number of benzene rings is 3. The Morgan fingerprint density at radius 1 is 0.909 bits per heavy atom. The fraction of sp³-hybridized carbons (Fsp3) is 0.100. The largest absolute Gasteiger partial charge is 0.496 e. The molecule has 3 aromatic rings. The van der Waals surface area contributed by atoms with Crippen molar-refractivity contribution in [1.29, 1.82) is 0 Å². The molecule has 22 heavy (non-hydrogen) atoms. The molecule has 0 aliphatic rings. The summed E-state index contributed by atoms with van der Waals surface area (Å²) in [4.78, 5) is 0. The lowest BCUT2D eigenvalue weighted by Gasteiger charge is -2.08. The molecule has 0 fully saturated rings. The highest BCUT2D eigenvalue weighted by molar-refractivity contribution is 5.93. The summed E-state index contributed by atoms with van der Waals surface area (Å²) in [6.45, 7) is 0.770. The van der Waals surface area contributed by atoms with E-state index >= 15 is 0 Å². The summed E-state index contributed by atoms with van der Waals surface area (Å²) in [6, 6.07) is 22.7. The van der Waals surface area contributed by atoms with Gasteiger partial charge in [-0.15, -0.1) is 0 Å². The van der Waals surface area contributed by atoms with Gasteiger partial charge in [0, 0.05) is 23.2 Å². The van der Waals surface area contributed by atoms with Crippen molar-refractivity contribution in [2.24, 2.45) is 0 Å². The van der Waals surface area contributed by atoms with E-state index in [0.29, 0.717) is 0 Å². The maximum atomic E-state index is 5.35. The first-order valence-corrected chi connectivity index (χ1v) is 7.39. The van der Waals surface area contributed by atoms with Gasteiger partial charge in [0.25, 0.3) is 0 Å². The normalized spacial score (nSPS) is 11.0. The molecule has 0 atom stereocenters. The summed E-state index contributed by atoms with van der Waals surface area (Å²) in [7, 11) is 1.70. The van der Waals surface area contributed by atoms with Crippen molar-refractivity contribution in [2.75, 3.05) is 19.0 Å². The van der Waals surface area contributed by atoms with Crippen molar-refractivity contribution < 1.29 is 4.74 Å². The summed E-state index contributed by atoms with van der Waals surface area (Å²) in [5.74, 6) is 0.893. The van der Waals surface area contributed by atoms with Crippen LogP contribution in [-0.2, 0) is 0 Å². The Balaban J connectivity index is 1.71. The van der Waals surface area contributed by atoms with E-state index in [1.807, 2.05) is 24.3 Å². The Labute approximate surface area is 131 Å². The average molecular weight is 289 g/mol. The third-order valence-corrected chi connectivity index (χ3v) is 3.64. The fourth-order valence-corrected chi connectivity index (χ4v) is 2.54. The van der Waals surface area contributed by atoms with Gasteiger partial charge in [0.1, 0.15) is 5.75 Å². The number of hydrogen-bond acceptors (Lipinski definition) is 2. The summed E-state index contributed by atoms with van der Waals surface area (Å²) in [5, 5.41) is 5.96. The van der Waals surface area contributed by atoms with Crippen LogP contribution in [0.2, 0.25) is 0 Å². The van der Waals surface area contributed by atoms with Gasteiger partial charge in [0.15, 0.2) is 0 Å². The number of nitrogens with one attached hydrogen (secondary N) is 1. The van der Waals surface area contributed by atoms with Crippen LogP contribution in [0.4, 0.5) is 5.69 Å². The second kappa shape index (κ2) is 6.81. The SMILES string of the molecule is COc1ccccc1/C=C/CNc1cccc2ccccc12. The van der Waals surface area contributed by atoms with E-state index in [1.54, 1.807) is 7.11 Å². The third-order valence-electron chi connectivity index (χ3n) is 3.64. The predicted molar refractivity (Wildman–Crippen MR) is 94.5 cm³/mol. The fourth-order valence-electron chi connectivity index (χ4n) is 2.54. The number of fused-ring (bicyclic) bond motifs is 1. The highest BCUT2D eigenvalue weighted by Gasteiger charge is 1.98. The van der Waals surface area contributed by atoms with Crippen LogP contribution in [-0.4, -0.2) is 13.7 Å². The number of methoxy groups -OCH3 is 1. The molecule has 0 aromatic heterocycles. The lowest BCUT2D eigenvalue weighted by atomic mass is 10.1. The number of anilines is 1. The molecule has 3 rings (SSSR count). The number of para-hydroxylation sites is 1. The first-order chi connectivity index (χ1) is 10.9. The minimum Gasteiger partial charge on any atom is -0.496 e. The molecule has 0 heterocycles. The highest BCUT2D eigenvalue weighted by Crippen LogP contribution is 2.23. The zero-order valence-corrected chi connectivity index (χ0v) is 12.6. The molecule has 2 nitrogen and oxygen atoms in total. The van der Waals surface area contributed by atoms with Crippen molar-refractivity contribution in [3.8, 4) is 5.75 Å². The molecule has 0 unspecified atom stereocenters. The van der Waals surface area contributed by atoms with Crippen LogP contribution < -0.4 is 10.1 Å². The Morgan fingerprint density at radius 3 is 2.59 bits per heavy atom. The third kappa shape index (κ3) is 3.12. The van der Waals surface area contributed by atoms with Crippen molar-refractivity contribution in [3.05, 3.63) is 78.4 Å². The molecule has 0 spiro atoms. The second-order valence-electron chi connectivity index (χ2n) is 5.05. The Hall–Kier alpha value is -2.74. The summed E-state index contributed by atoms with van der Waals surface area (Å²) < 4.78 is 5.35. The first kappa shape index (κ1) is 14.2. The lowest BCUT2D eigenvalue weighted by molar-refractivity contribution is 0.414. The zero-order valence-electron chi connectivity index (χ0n) is 12.6. The van der Waals surface area contributed by atoms with Gasteiger partial charge < -0.3 is 10.1 Å². The molecule has 0 saturated carbocycles. The molecule has 0 bridgehead atoms. The molecule has 2 heteroatoms. The molecule has 0 aliphatic heterocycles. The molecule has 0 radical (unpaired) electrons. The molecule has 0 saturated heterocycles. The van der Waals surface area contributed by atoms with Crippen LogP contribution >= 0.6 is 0 Å². The van der Waals surface area contributed by atoms with Crippen LogP contribution in [0.1, 0.15) is 5.56 Å². The smallest absolute Gasteiger partial charge is 0.126 e. The van der Waals surface area contributed by atoms with Gasteiger partial charge in [-0.2, -0.15) is 0 Å². The van der Waals surface area contributed by atoms with Crippen LogP contribution in [0.25, 0.3) is 16.8 Å². The molecule has 0 aliphatic carbocycles. The van der Waals surface area contributed by atoms with Crippen molar-refractivity contribution in [2.45, 2.75) is 0 Å². The van der Waals surface area contributed by atoms with Gasteiger partial charge in [-0.25, -0.2) is 0 Å². The molecular formula is C20H19NO. The molecule has 110 valence electrons. The van der Waals surface area contributed by atoms with E-state index in [9.17, 15) is 0 Å². The van der Waals surface area contributed by atoms with Gasteiger partial charge in [-0.05, 0) is 17.5 Å². The summed E-state index contributed by atoms with van der Waals surface area (Å²) in [6.07, 6.45) is 4.19. The van der Waals surface area contributed by atoms with Gasteiger partial charge >= 0.3 is 0 Å². The Bertz CT molecular complexity index is 787. The second-order valence-corrected chi connectivity index (χ2v) is 5.05. The topological polar surface area (TPSA) is 21.3 Å². The van der Waals surface area contributed by atoms with Gasteiger partial charge in [0.2, 0.25) is 0 Å². The van der Waals surface area contributed by atoms with Crippen LogP contribution in [0.5, 0.6) is 5.75 Å². The maximum absolute atomic E-state index is 5.35. The van der Waals surface area contributed by atoms with Gasteiger partial charge in [-0.3, -0.25) is 0 Å². The Morgan fingerprint density at radius 2 is 1.68 bits per heavy atom. The highest BCUT2D eigenvalue weighted by atomic mass is 16.5. The number of ether oxygens (including phenoxy) is 1. The molecule has 1 N–H and O–H groups in total. The number of rotatable bonds is 5. The van der Waals surface area contributed by atoms with E-state index in [1.165, 1.54) is 10.8 Å². The van der Waals surface area contributed by atoms with E-state index in [-0.39, 0.29) is 0 Å². The van der Waals surface area contributed by atoms with Crippen molar-refractivity contribution in [3.63, 3.8) is 0 Å². The van der Waals surface area contributed by atoms with Crippen molar-refractivity contribution >= 4 is 22.5 Å². The van der Waals surface area contributed by atoms with Crippen LogP contribution in [0.15, 0.2) is 72.8 Å². The van der Waals surface area contributed by atoms with Crippen LogP contribution in [0.3, 0.4) is 0 Å². The summed E-state index contributed by atoms with van der Waals surface area (Å²) >= 11 is 0. The molecule has 0 amide bonds. The van der Waals surface area contributed by atoms with Gasteiger partial charge in [0.05, 0.1) is 7.11 Å². The van der Waals surface area contributed by atoms with E-state index in [4.69, 9.17) is 4.74 Å². The zero-order chi connectivity index (χ0) is 15.2.